The van der Waals surface area contributed by atoms with E-state index in [9.17, 15) is 4.79 Å². The molecule has 0 unspecified atom stereocenters. The standard InChI is InChI=1S/C16H23ClN2O3/c1-18(13-16(20)19-8-11-21-12-9-19)7-2-10-22-15-5-3-14(17)4-6-15/h3-6H,2,7-13H2,1H3. The van der Waals surface area contributed by atoms with Crippen LogP contribution in [0, 0.1) is 0 Å². The van der Waals surface area contributed by atoms with E-state index in [1.54, 1.807) is 0 Å². The van der Waals surface area contributed by atoms with Crippen LogP contribution < -0.4 is 4.74 Å². The number of nitrogens with zero attached hydrogens (tertiary/aromatic N) is 2. The van der Waals surface area contributed by atoms with Gasteiger partial charge >= 0.3 is 0 Å². The summed E-state index contributed by atoms with van der Waals surface area (Å²) in [6.45, 7) is 4.58. The minimum atomic E-state index is 0.171. The van der Waals surface area contributed by atoms with Crippen molar-refractivity contribution < 1.29 is 14.3 Å². The van der Waals surface area contributed by atoms with Crippen molar-refractivity contribution >= 4 is 17.5 Å². The molecule has 1 aromatic rings. The Bertz CT molecular complexity index is 461. The van der Waals surface area contributed by atoms with Gasteiger partial charge in [0.05, 0.1) is 26.4 Å². The van der Waals surface area contributed by atoms with E-state index in [0.717, 1.165) is 18.7 Å². The van der Waals surface area contributed by atoms with Gasteiger partial charge in [0.25, 0.3) is 0 Å². The van der Waals surface area contributed by atoms with Crippen molar-refractivity contribution in [3.63, 3.8) is 0 Å². The fourth-order valence-electron chi connectivity index (χ4n) is 2.28. The lowest BCUT2D eigenvalue weighted by Gasteiger charge is -2.28. The Kier molecular flexibility index (Phi) is 6.96. The van der Waals surface area contributed by atoms with Crippen LogP contribution in [0.1, 0.15) is 6.42 Å². The van der Waals surface area contributed by atoms with Crippen LogP contribution in [-0.4, -0.2) is 68.8 Å². The van der Waals surface area contributed by atoms with Crippen LogP contribution in [-0.2, 0) is 9.53 Å². The number of benzene rings is 1. The molecule has 0 aromatic heterocycles. The monoisotopic (exact) mass is 326 g/mol. The molecule has 0 spiro atoms. The topological polar surface area (TPSA) is 42.0 Å². The van der Waals surface area contributed by atoms with Crippen LogP contribution in [0.25, 0.3) is 0 Å². The quantitative estimate of drug-likeness (QED) is 0.718. The third-order valence-corrected chi connectivity index (χ3v) is 3.79. The van der Waals surface area contributed by atoms with Crippen LogP contribution in [0.15, 0.2) is 24.3 Å². The Balaban J connectivity index is 1.59. The average molecular weight is 327 g/mol. The van der Waals surface area contributed by atoms with Crippen molar-refractivity contribution in [1.29, 1.82) is 0 Å². The van der Waals surface area contributed by atoms with E-state index in [0.29, 0.717) is 44.5 Å². The Labute approximate surface area is 136 Å². The van der Waals surface area contributed by atoms with Crippen LogP contribution >= 0.6 is 11.6 Å². The highest BCUT2D eigenvalue weighted by atomic mass is 35.5. The first-order valence-electron chi connectivity index (χ1n) is 7.57. The van der Waals surface area contributed by atoms with Gasteiger partial charge in [-0.05, 0) is 37.7 Å². The zero-order chi connectivity index (χ0) is 15.8. The van der Waals surface area contributed by atoms with Gasteiger partial charge in [0.15, 0.2) is 0 Å². The number of hydrogen-bond donors (Lipinski definition) is 0. The Morgan fingerprint density at radius 1 is 1.32 bits per heavy atom. The molecule has 122 valence electrons. The van der Waals surface area contributed by atoms with Gasteiger partial charge in [-0.3, -0.25) is 9.69 Å². The normalized spacial score (nSPS) is 15.1. The number of amides is 1. The molecule has 1 aliphatic rings. The smallest absolute Gasteiger partial charge is 0.236 e. The predicted octanol–water partition coefficient (Wildman–Crippen LogP) is 1.90. The molecule has 0 atom stereocenters. The SMILES string of the molecule is CN(CCCOc1ccc(Cl)cc1)CC(=O)N1CCOCC1. The molecule has 0 aliphatic carbocycles. The number of carbonyl (C=O) groups is 1. The van der Waals surface area contributed by atoms with E-state index < -0.39 is 0 Å². The molecule has 0 saturated carbocycles. The van der Waals surface area contributed by atoms with Crippen LogP contribution in [0.4, 0.5) is 0 Å². The highest BCUT2D eigenvalue weighted by Crippen LogP contribution is 2.15. The lowest BCUT2D eigenvalue weighted by Crippen LogP contribution is -2.45. The van der Waals surface area contributed by atoms with E-state index >= 15 is 0 Å². The highest BCUT2D eigenvalue weighted by molar-refractivity contribution is 6.30. The summed E-state index contributed by atoms with van der Waals surface area (Å²) in [6.07, 6.45) is 0.871. The Hall–Kier alpha value is -1.30. The van der Waals surface area contributed by atoms with E-state index in [4.69, 9.17) is 21.1 Å². The lowest BCUT2D eigenvalue weighted by molar-refractivity contribution is -0.136. The largest absolute Gasteiger partial charge is 0.494 e. The summed E-state index contributed by atoms with van der Waals surface area (Å²) < 4.78 is 10.9. The highest BCUT2D eigenvalue weighted by Gasteiger charge is 2.17. The molecule has 6 heteroatoms. The van der Waals surface area contributed by atoms with Gasteiger partial charge in [0, 0.05) is 24.7 Å². The molecule has 0 radical (unpaired) electrons. The second-order valence-electron chi connectivity index (χ2n) is 5.39. The molecule has 0 N–H and O–H groups in total. The van der Waals surface area contributed by atoms with Crippen molar-refractivity contribution in [3.8, 4) is 5.75 Å². The van der Waals surface area contributed by atoms with Crippen molar-refractivity contribution in [2.75, 3.05) is 53.0 Å². The van der Waals surface area contributed by atoms with Crippen molar-refractivity contribution in [1.82, 2.24) is 9.80 Å². The summed E-state index contributed by atoms with van der Waals surface area (Å²) in [5, 5.41) is 0.703. The van der Waals surface area contributed by atoms with Gasteiger partial charge in [-0.1, -0.05) is 11.6 Å². The summed E-state index contributed by atoms with van der Waals surface area (Å²) in [7, 11) is 1.96. The van der Waals surface area contributed by atoms with E-state index in [1.165, 1.54) is 0 Å². The number of morpholine rings is 1. The third-order valence-electron chi connectivity index (χ3n) is 3.54. The zero-order valence-electron chi connectivity index (χ0n) is 13.0. The Morgan fingerprint density at radius 2 is 2.00 bits per heavy atom. The fraction of sp³-hybridized carbons (Fsp3) is 0.562. The maximum Gasteiger partial charge on any atom is 0.236 e. The molecule has 1 amide bonds. The lowest BCUT2D eigenvalue weighted by atomic mass is 10.3. The van der Waals surface area contributed by atoms with Crippen LogP contribution in [0.2, 0.25) is 5.02 Å². The van der Waals surface area contributed by atoms with Crippen LogP contribution in [0.5, 0.6) is 5.75 Å². The molecule has 2 rings (SSSR count). The molecule has 1 fully saturated rings. The van der Waals surface area contributed by atoms with Crippen LogP contribution in [0.3, 0.4) is 0 Å². The number of halogens is 1. The van der Waals surface area contributed by atoms with Crippen molar-refractivity contribution in [2.24, 2.45) is 0 Å². The van der Waals surface area contributed by atoms with E-state index in [-0.39, 0.29) is 5.91 Å². The van der Waals surface area contributed by atoms with Crippen molar-refractivity contribution in [3.05, 3.63) is 29.3 Å². The first-order chi connectivity index (χ1) is 10.6. The van der Waals surface area contributed by atoms with E-state index in [1.807, 2.05) is 41.1 Å². The van der Waals surface area contributed by atoms with Gasteiger partial charge < -0.3 is 14.4 Å². The molecule has 22 heavy (non-hydrogen) atoms. The van der Waals surface area contributed by atoms with Gasteiger partial charge in [-0.15, -0.1) is 0 Å². The molecule has 1 saturated heterocycles. The minimum Gasteiger partial charge on any atom is -0.494 e. The number of hydrogen-bond acceptors (Lipinski definition) is 4. The van der Waals surface area contributed by atoms with Gasteiger partial charge in [-0.2, -0.15) is 0 Å². The summed E-state index contributed by atoms with van der Waals surface area (Å²) in [5.41, 5.74) is 0. The second-order valence-corrected chi connectivity index (χ2v) is 5.82. The summed E-state index contributed by atoms with van der Waals surface area (Å²) in [6, 6.07) is 7.33. The summed E-state index contributed by atoms with van der Waals surface area (Å²) in [5.74, 6) is 0.987. The first kappa shape index (κ1) is 17.1. The molecule has 1 aromatic carbocycles. The molecular weight excluding hydrogens is 304 g/mol. The maximum atomic E-state index is 12.1. The number of ether oxygens (including phenoxy) is 2. The molecule has 1 heterocycles. The average Bonchev–Trinajstić information content (AvgIpc) is 2.54. The Morgan fingerprint density at radius 3 is 2.68 bits per heavy atom. The van der Waals surface area contributed by atoms with Gasteiger partial charge in [-0.25, -0.2) is 0 Å². The van der Waals surface area contributed by atoms with Gasteiger partial charge in [0.1, 0.15) is 5.75 Å². The second kappa shape index (κ2) is 8.98. The summed E-state index contributed by atoms with van der Waals surface area (Å²) >= 11 is 5.82. The molecule has 1 aliphatic heterocycles. The minimum absolute atomic E-state index is 0.171. The molecular formula is C16H23ClN2O3. The maximum absolute atomic E-state index is 12.1. The molecule has 5 nitrogen and oxygen atoms in total. The van der Waals surface area contributed by atoms with Gasteiger partial charge in [0.2, 0.25) is 5.91 Å². The van der Waals surface area contributed by atoms with Crippen molar-refractivity contribution in [2.45, 2.75) is 6.42 Å². The predicted molar refractivity (Wildman–Crippen MR) is 86.5 cm³/mol. The number of carbonyl (C=O) groups excluding carboxylic acids is 1. The first-order valence-corrected chi connectivity index (χ1v) is 7.95. The summed E-state index contributed by atoms with van der Waals surface area (Å²) in [4.78, 5) is 16.0. The number of likely N-dealkylation sites (N-methyl/N-ethyl adjacent to an activating group) is 1. The fourth-order valence-corrected chi connectivity index (χ4v) is 2.40. The zero-order valence-corrected chi connectivity index (χ0v) is 13.7. The molecule has 0 bridgehead atoms. The van der Waals surface area contributed by atoms with E-state index in [2.05, 4.69) is 0 Å². The number of rotatable bonds is 7. The third kappa shape index (κ3) is 5.83.